The van der Waals surface area contributed by atoms with Gasteiger partial charge in [-0.25, -0.2) is 4.79 Å². The molecule has 1 saturated carbocycles. The smallest absolute Gasteiger partial charge is 0.377 e. The number of aromatic carboxylic acids is 1. The third-order valence-corrected chi connectivity index (χ3v) is 2.58. The first-order valence-corrected chi connectivity index (χ1v) is 4.51. The minimum Gasteiger partial charge on any atom is -0.475 e. The highest BCUT2D eigenvalue weighted by Crippen LogP contribution is 2.35. The molecule has 1 atom stereocenters. The fourth-order valence-corrected chi connectivity index (χ4v) is 1.46. The molecule has 0 aromatic carbocycles. The summed E-state index contributed by atoms with van der Waals surface area (Å²) in [4.78, 5) is 14.2. The maximum Gasteiger partial charge on any atom is 0.377 e. The van der Waals surface area contributed by atoms with Gasteiger partial charge in [0, 0.05) is 0 Å². The molecule has 1 aliphatic carbocycles. The molecular weight excluding hydrogens is 186 g/mol. The summed E-state index contributed by atoms with van der Waals surface area (Å²) >= 11 is 0. The topological polar surface area (TPSA) is 102 Å². The van der Waals surface area contributed by atoms with Gasteiger partial charge >= 0.3 is 5.97 Å². The van der Waals surface area contributed by atoms with Gasteiger partial charge in [0.2, 0.25) is 5.89 Å². The first-order valence-electron chi connectivity index (χ1n) is 4.51. The summed E-state index contributed by atoms with van der Waals surface area (Å²) in [6.45, 7) is 0. The number of carbonyl (C=O) groups is 1. The van der Waals surface area contributed by atoms with Crippen molar-refractivity contribution in [2.24, 2.45) is 11.7 Å². The first kappa shape index (κ1) is 9.14. The molecule has 0 saturated heterocycles. The number of carboxylic acids is 1. The summed E-state index contributed by atoms with van der Waals surface area (Å²) in [5.41, 5.74) is 5.82. The zero-order valence-corrected chi connectivity index (χ0v) is 7.51. The van der Waals surface area contributed by atoms with Gasteiger partial charge in [0.05, 0.1) is 6.04 Å². The molecule has 0 aliphatic heterocycles. The van der Waals surface area contributed by atoms with Crippen LogP contribution in [0.5, 0.6) is 0 Å². The number of carboxylic acid groups (broad SMARTS) is 1. The van der Waals surface area contributed by atoms with Crippen molar-refractivity contribution in [1.82, 2.24) is 10.1 Å². The lowest BCUT2D eigenvalue weighted by Crippen LogP contribution is -2.27. The van der Waals surface area contributed by atoms with Crippen LogP contribution in [0.1, 0.15) is 41.8 Å². The van der Waals surface area contributed by atoms with E-state index < -0.39 is 5.97 Å². The number of aromatic nitrogens is 2. The molecule has 76 valence electrons. The van der Waals surface area contributed by atoms with Gasteiger partial charge in [-0.05, 0) is 23.9 Å². The zero-order chi connectivity index (χ0) is 10.1. The Morgan fingerprint density at radius 1 is 1.64 bits per heavy atom. The highest BCUT2D eigenvalue weighted by molar-refractivity contribution is 5.82. The van der Waals surface area contributed by atoms with Gasteiger partial charge in [-0.15, -0.1) is 0 Å². The van der Waals surface area contributed by atoms with Crippen LogP contribution in [0.15, 0.2) is 4.52 Å². The van der Waals surface area contributed by atoms with Gasteiger partial charge in [-0.3, -0.25) is 0 Å². The Morgan fingerprint density at radius 3 is 2.79 bits per heavy atom. The van der Waals surface area contributed by atoms with Crippen molar-refractivity contribution in [2.45, 2.75) is 25.3 Å². The van der Waals surface area contributed by atoms with Crippen molar-refractivity contribution in [1.29, 1.82) is 0 Å². The van der Waals surface area contributed by atoms with Crippen LogP contribution in [0.4, 0.5) is 0 Å². The predicted octanol–water partition coefficient (Wildman–Crippen LogP) is 0.568. The number of hydrogen-bond acceptors (Lipinski definition) is 5. The van der Waals surface area contributed by atoms with E-state index in [1.165, 1.54) is 0 Å². The second-order valence-electron chi connectivity index (χ2n) is 3.48. The summed E-state index contributed by atoms with van der Waals surface area (Å²) in [7, 11) is 0. The molecule has 1 unspecified atom stereocenters. The average Bonchev–Trinajstić information content (AvgIpc) is 2.48. The van der Waals surface area contributed by atoms with Crippen LogP contribution in [0.25, 0.3) is 0 Å². The zero-order valence-electron chi connectivity index (χ0n) is 7.51. The molecule has 1 aromatic rings. The number of nitrogens with zero attached hydrogens (tertiary/aromatic N) is 2. The van der Waals surface area contributed by atoms with Crippen LogP contribution >= 0.6 is 0 Å². The Morgan fingerprint density at radius 2 is 2.36 bits per heavy atom. The van der Waals surface area contributed by atoms with E-state index in [0.29, 0.717) is 5.92 Å². The summed E-state index contributed by atoms with van der Waals surface area (Å²) in [5, 5.41) is 11.9. The predicted molar refractivity (Wildman–Crippen MR) is 45.5 cm³/mol. The molecule has 1 heterocycles. The molecule has 6 heteroatoms. The molecule has 0 amide bonds. The molecule has 3 N–H and O–H groups in total. The van der Waals surface area contributed by atoms with E-state index in [-0.39, 0.29) is 17.8 Å². The lowest BCUT2D eigenvalue weighted by Gasteiger charge is -2.28. The fourth-order valence-electron chi connectivity index (χ4n) is 1.46. The Hall–Kier alpha value is -1.43. The van der Waals surface area contributed by atoms with Crippen molar-refractivity contribution in [3.8, 4) is 0 Å². The molecular formula is C8H11N3O3. The number of rotatable bonds is 3. The Kier molecular flexibility index (Phi) is 2.20. The fraction of sp³-hybridized carbons (Fsp3) is 0.625. The summed E-state index contributed by atoms with van der Waals surface area (Å²) < 4.78 is 4.78. The van der Waals surface area contributed by atoms with Crippen LogP contribution in [0.3, 0.4) is 0 Å². The molecule has 0 spiro atoms. The number of nitrogens with two attached hydrogens (primary N) is 1. The highest BCUT2D eigenvalue weighted by Gasteiger charge is 2.30. The van der Waals surface area contributed by atoms with Gasteiger partial charge in [-0.1, -0.05) is 6.42 Å². The Bertz CT molecular complexity index is 345. The molecule has 6 nitrogen and oxygen atoms in total. The third kappa shape index (κ3) is 1.48. The molecule has 1 fully saturated rings. The minimum absolute atomic E-state index is 0.229. The van der Waals surface area contributed by atoms with Crippen molar-refractivity contribution in [3.05, 3.63) is 11.7 Å². The second kappa shape index (κ2) is 3.38. The third-order valence-electron chi connectivity index (χ3n) is 2.58. The van der Waals surface area contributed by atoms with Crippen LogP contribution < -0.4 is 5.73 Å². The first-order chi connectivity index (χ1) is 6.68. The van der Waals surface area contributed by atoms with Gasteiger partial charge < -0.3 is 15.4 Å². The lowest BCUT2D eigenvalue weighted by molar-refractivity contribution is 0.0680. The van der Waals surface area contributed by atoms with Crippen molar-refractivity contribution in [3.63, 3.8) is 0 Å². The van der Waals surface area contributed by atoms with Crippen LogP contribution in [0.2, 0.25) is 0 Å². The average molecular weight is 197 g/mol. The van der Waals surface area contributed by atoms with Gasteiger partial charge in [-0.2, -0.15) is 4.98 Å². The van der Waals surface area contributed by atoms with Crippen molar-refractivity contribution >= 4 is 5.97 Å². The molecule has 0 radical (unpaired) electrons. The van der Waals surface area contributed by atoms with Crippen molar-refractivity contribution in [2.75, 3.05) is 0 Å². The van der Waals surface area contributed by atoms with E-state index in [2.05, 4.69) is 10.1 Å². The van der Waals surface area contributed by atoms with Crippen LogP contribution in [-0.2, 0) is 0 Å². The largest absolute Gasteiger partial charge is 0.475 e. The highest BCUT2D eigenvalue weighted by atomic mass is 16.5. The van der Waals surface area contributed by atoms with E-state index in [1.807, 2.05) is 0 Å². The maximum atomic E-state index is 10.5. The number of hydrogen-bond donors (Lipinski definition) is 2. The SMILES string of the molecule is NC(c1nc(C(=O)O)no1)C1CCC1. The summed E-state index contributed by atoms with van der Waals surface area (Å²) in [6.07, 6.45) is 3.26. The quantitative estimate of drug-likeness (QED) is 0.734. The Labute approximate surface area is 80.1 Å². The van der Waals surface area contributed by atoms with E-state index in [9.17, 15) is 4.79 Å². The van der Waals surface area contributed by atoms with E-state index in [1.54, 1.807) is 0 Å². The Balaban J connectivity index is 2.11. The lowest BCUT2D eigenvalue weighted by atomic mass is 9.80. The van der Waals surface area contributed by atoms with Gasteiger partial charge in [0.25, 0.3) is 5.82 Å². The van der Waals surface area contributed by atoms with Gasteiger partial charge in [0.15, 0.2) is 0 Å². The molecule has 0 bridgehead atoms. The van der Waals surface area contributed by atoms with Crippen molar-refractivity contribution < 1.29 is 14.4 Å². The molecule has 1 aromatic heterocycles. The molecule has 14 heavy (non-hydrogen) atoms. The molecule has 1 aliphatic rings. The summed E-state index contributed by atoms with van der Waals surface area (Å²) in [6, 6.07) is -0.315. The van der Waals surface area contributed by atoms with E-state index >= 15 is 0 Å². The standard InChI is InChI=1S/C8H11N3O3/c9-5(4-2-1-3-4)7-10-6(8(12)13)11-14-7/h4-5H,1-3,9H2,(H,12,13). The second-order valence-corrected chi connectivity index (χ2v) is 3.48. The maximum absolute atomic E-state index is 10.5. The van der Waals surface area contributed by atoms with E-state index in [4.69, 9.17) is 15.4 Å². The van der Waals surface area contributed by atoms with Gasteiger partial charge in [0.1, 0.15) is 0 Å². The minimum atomic E-state index is -1.19. The van der Waals surface area contributed by atoms with E-state index in [0.717, 1.165) is 19.3 Å². The monoisotopic (exact) mass is 197 g/mol. The van der Waals surface area contributed by atoms with Crippen LogP contribution in [-0.4, -0.2) is 21.2 Å². The molecule has 2 rings (SSSR count). The normalized spacial score (nSPS) is 18.9. The van der Waals surface area contributed by atoms with Crippen LogP contribution in [0, 0.1) is 5.92 Å². The summed E-state index contributed by atoms with van der Waals surface area (Å²) in [5.74, 6) is -0.931.